The molecule has 1 fully saturated rings. The second-order valence-corrected chi connectivity index (χ2v) is 6.75. The summed E-state index contributed by atoms with van der Waals surface area (Å²) in [5, 5.41) is 18.2. The van der Waals surface area contributed by atoms with E-state index in [1.54, 1.807) is 0 Å². The van der Waals surface area contributed by atoms with E-state index >= 15 is 0 Å². The van der Waals surface area contributed by atoms with Gasteiger partial charge in [-0.2, -0.15) is 4.31 Å². The summed E-state index contributed by atoms with van der Waals surface area (Å²) in [6.07, 6.45) is 4.34. The Labute approximate surface area is 117 Å². The van der Waals surface area contributed by atoms with Crippen molar-refractivity contribution in [1.82, 2.24) is 9.29 Å². The molecule has 1 atom stereocenters. The predicted octanol–water partition coefficient (Wildman–Crippen LogP) is 0.638. The van der Waals surface area contributed by atoms with Gasteiger partial charge in [0.1, 0.15) is 10.6 Å². The van der Waals surface area contributed by atoms with Crippen LogP contribution in [0.25, 0.3) is 0 Å². The van der Waals surface area contributed by atoms with Gasteiger partial charge in [0.15, 0.2) is 0 Å². The van der Waals surface area contributed by atoms with Crippen LogP contribution in [0.3, 0.4) is 0 Å². The number of aromatic carboxylic acids is 1. The minimum Gasteiger partial charge on any atom is -0.477 e. The molecule has 1 aromatic heterocycles. The van der Waals surface area contributed by atoms with Crippen molar-refractivity contribution in [3.05, 3.63) is 18.0 Å². The highest BCUT2D eigenvalue weighted by Gasteiger charge is 2.33. The third kappa shape index (κ3) is 2.87. The van der Waals surface area contributed by atoms with Gasteiger partial charge in [0.05, 0.1) is 6.61 Å². The van der Waals surface area contributed by atoms with Gasteiger partial charge in [-0.3, -0.25) is 0 Å². The molecule has 0 aromatic carbocycles. The molecule has 0 spiro atoms. The standard InChI is InChI=1S/C12H18N2O5S/c15-8-9-4-2-1-3-5-14(9)20(18,19)10-6-11(12(16)17)13-7-10/h6-7,9,13,15H,1-5,8H2,(H,16,17). The van der Waals surface area contributed by atoms with Gasteiger partial charge >= 0.3 is 5.97 Å². The topological polar surface area (TPSA) is 111 Å². The molecule has 1 saturated heterocycles. The molecule has 3 N–H and O–H groups in total. The highest BCUT2D eigenvalue weighted by Crippen LogP contribution is 2.25. The number of H-pyrrole nitrogens is 1. The maximum absolute atomic E-state index is 12.5. The molecule has 0 saturated carbocycles. The Bertz CT molecular complexity index is 580. The van der Waals surface area contributed by atoms with E-state index in [-0.39, 0.29) is 17.2 Å². The predicted molar refractivity (Wildman–Crippen MR) is 71.0 cm³/mol. The summed E-state index contributed by atoms with van der Waals surface area (Å²) in [4.78, 5) is 13.2. The summed E-state index contributed by atoms with van der Waals surface area (Å²) >= 11 is 0. The summed E-state index contributed by atoms with van der Waals surface area (Å²) in [7, 11) is -3.78. The first kappa shape index (κ1) is 15.0. The molecule has 1 aliphatic heterocycles. The molecule has 1 aliphatic rings. The van der Waals surface area contributed by atoms with E-state index in [1.165, 1.54) is 10.5 Å². The first-order valence-electron chi connectivity index (χ1n) is 6.51. The monoisotopic (exact) mass is 302 g/mol. The molecular weight excluding hydrogens is 284 g/mol. The summed E-state index contributed by atoms with van der Waals surface area (Å²) in [5.41, 5.74) is -0.168. The number of carboxylic acid groups (broad SMARTS) is 1. The van der Waals surface area contributed by atoms with Crippen molar-refractivity contribution in [2.45, 2.75) is 36.6 Å². The normalized spacial score (nSPS) is 21.6. The fourth-order valence-electron chi connectivity index (χ4n) is 2.43. The Morgan fingerprint density at radius 2 is 2.15 bits per heavy atom. The SMILES string of the molecule is O=C(O)c1cc(S(=O)(=O)N2CCCCCC2CO)c[nH]1. The van der Waals surface area contributed by atoms with Crippen molar-refractivity contribution in [3.63, 3.8) is 0 Å². The van der Waals surface area contributed by atoms with Gasteiger partial charge in [0.25, 0.3) is 0 Å². The maximum atomic E-state index is 12.5. The highest BCUT2D eigenvalue weighted by molar-refractivity contribution is 7.89. The lowest BCUT2D eigenvalue weighted by Gasteiger charge is -2.27. The molecule has 2 rings (SSSR count). The van der Waals surface area contributed by atoms with Gasteiger partial charge < -0.3 is 15.2 Å². The number of rotatable bonds is 4. The minimum atomic E-state index is -3.78. The number of hydrogen-bond acceptors (Lipinski definition) is 4. The Balaban J connectivity index is 2.33. The van der Waals surface area contributed by atoms with E-state index in [1.807, 2.05) is 0 Å². The largest absolute Gasteiger partial charge is 0.477 e. The molecule has 0 amide bonds. The van der Waals surface area contributed by atoms with Crippen molar-refractivity contribution in [2.75, 3.05) is 13.2 Å². The van der Waals surface area contributed by atoms with Crippen LogP contribution in [-0.4, -0.2) is 53.1 Å². The van der Waals surface area contributed by atoms with E-state index in [4.69, 9.17) is 5.11 Å². The van der Waals surface area contributed by atoms with Gasteiger partial charge in [-0.25, -0.2) is 13.2 Å². The van der Waals surface area contributed by atoms with Gasteiger partial charge in [-0.05, 0) is 18.9 Å². The third-order valence-corrected chi connectivity index (χ3v) is 5.46. The van der Waals surface area contributed by atoms with Crippen LogP contribution in [0.4, 0.5) is 0 Å². The van der Waals surface area contributed by atoms with Crippen molar-refractivity contribution in [3.8, 4) is 0 Å². The van der Waals surface area contributed by atoms with Crippen LogP contribution in [0.2, 0.25) is 0 Å². The quantitative estimate of drug-likeness (QED) is 0.756. The zero-order chi connectivity index (χ0) is 14.8. The van der Waals surface area contributed by atoms with E-state index in [0.29, 0.717) is 13.0 Å². The van der Waals surface area contributed by atoms with Crippen LogP contribution in [0.15, 0.2) is 17.2 Å². The first-order chi connectivity index (χ1) is 9.46. The van der Waals surface area contributed by atoms with Crippen LogP contribution in [0, 0.1) is 0 Å². The highest BCUT2D eigenvalue weighted by atomic mass is 32.2. The average Bonchev–Trinajstić information content (AvgIpc) is 2.78. The second-order valence-electron chi connectivity index (χ2n) is 4.86. The van der Waals surface area contributed by atoms with E-state index in [9.17, 15) is 18.3 Å². The van der Waals surface area contributed by atoms with Crippen molar-refractivity contribution >= 4 is 16.0 Å². The van der Waals surface area contributed by atoms with E-state index in [2.05, 4.69) is 4.98 Å². The Kier molecular flexibility index (Phi) is 4.46. The summed E-state index contributed by atoms with van der Waals surface area (Å²) in [5.74, 6) is -1.21. The molecule has 8 heteroatoms. The number of sulfonamides is 1. The van der Waals surface area contributed by atoms with Crippen molar-refractivity contribution in [2.24, 2.45) is 0 Å². The zero-order valence-corrected chi connectivity index (χ0v) is 11.8. The molecule has 20 heavy (non-hydrogen) atoms. The van der Waals surface area contributed by atoms with Crippen LogP contribution in [0.5, 0.6) is 0 Å². The lowest BCUT2D eigenvalue weighted by Crippen LogP contribution is -2.41. The molecule has 112 valence electrons. The fourth-order valence-corrected chi connectivity index (χ4v) is 4.11. The van der Waals surface area contributed by atoms with Gasteiger partial charge in [0, 0.05) is 18.8 Å². The average molecular weight is 302 g/mol. The third-order valence-electron chi connectivity index (χ3n) is 3.53. The fraction of sp³-hybridized carbons (Fsp3) is 0.583. The number of hydrogen-bond donors (Lipinski definition) is 3. The van der Waals surface area contributed by atoms with Gasteiger partial charge in [-0.15, -0.1) is 0 Å². The number of aromatic amines is 1. The molecule has 0 aliphatic carbocycles. The van der Waals surface area contributed by atoms with Gasteiger partial charge in [0.2, 0.25) is 10.0 Å². The van der Waals surface area contributed by atoms with Crippen LogP contribution in [-0.2, 0) is 10.0 Å². The second kappa shape index (κ2) is 5.94. The molecule has 1 aromatic rings. The number of nitrogens with zero attached hydrogens (tertiary/aromatic N) is 1. The van der Waals surface area contributed by atoms with Crippen LogP contribution >= 0.6 is 0 Å². The number of aromatic nitrogens is 1. The molecular formula is C12H18N2O5S. The van der Waals surface area contributed by atoms with Crippen molar-refractivity contribution in [1.29, 1.82) is 0 Å². The molecule has 7 nitrogen and oxygen atoms in total. The Morgan fingerprint density at radius 3 is 2.75 bits per heavy atom. The van der Waals surface area contributed by atoms with Gasteiger partial charge in [-0.1, -0.05) is 12.8 Å². The number of aliphatic hydroxyl groups is 1. The molecule has 0 bridgehead atoms. The maximum Gasteiger partial charge on any atom is 0.352 e. The minimum absolute atomic E-state index is 0.0738. The number of nitrogens with one attached hydrogen (secondary N) is 1. The lowest BCUT2D eigenvalue weighted by atomic mass is 10.1. The summed E-state index contributed by atoms with van der Waals surface area (Å²) in [6, 6.07) is 0.669. The number of carboxylic acids is 1. The summed E-state index contributed by atoms with van der Waals surface area (Å²) < 4.78 is 26.4. The van der Waals surface area contributed by atoms with E-state index < -0.39 is 22.0 Å². The number of aliphatic hydroxyl groups excluding tert-OH is 1. The smallest absolute Gasteiger partial charge is 0.352 e. The Hall–Kier alpha value is -1.38. The zero-order valence-electron chi connectivity index (χ0n) is 10.9. The first-order valence-corrected chi connectivity index (χ1v) is 7.95. The Morgan fingerprint density at radius 1 is 1.40 bits per heavy atom. The summed E-state index contributed by atoms with van der Waals surface area (Å²) in [6.45, 7) is 0.122. The van der Waals surface area contributed by atoms with Crippen LogP contribution in [0.1, 0.15) is 36.2 Å². The number of carbonyl (C=O) groups is 1. The molecule has 0 radical (unpaired) electrons. The van der Waals surface area contributed by atoms with Crippen molar-refractivity contribution < 1.29 is 23.4 Å². The molecule has 1 unspecified atom stereocenters. The lowest BCUT2D eigenvalue weighted by molar-refractivity contribution is 0.0691. The molecule has 2 heterocycles. The van der Waals surface area contributed by atoms with Crippen LogP contribution < -0.4 is 0 Å². The van der Waals surface area contributed by atoms with E-state index in [0.717, 1.165) is 25.3 Å².